The van der Waals surface area contributed by atoms with Crippen LogP contribution in [0.2, 0.25) is 0 Å². The molecule has 3 nitrogen and oxygen atoms in total. The highest BCUT2D eigenvalue weighted by Gasteiger charge is 2.42. The first-order chi connectivity index (χ1) is 6.29. The van der Waals surface area contributed by atoms with Gasteiger partial charge in [0.2, 0.25) is 0 Å². The summed E-state index contributed by atoms with van der Waals surface area (Å²) in [6.07, 6.45) is 8.20. The van der Waals surface area contributed by atoms with Crippen molar-refractivity contribution < 1.29 is 13.3 Å². The number of allylic oxidation sites excluding steroid dienone is 4. The van der Waals surface area contributed by atoms with E-state index in [1.54, 1.807) is 21.3 Å². The van der Waals surface area contributed by atoms with Gasteiger partial charge in [-0.15, -0.1) is 0 Å². The third-order valence-corrected chi connectivity index (χ3v) is 5.03. The van der Waals surface area contributed by atoms with Crippen molar-refractivity contribution in [3.05, 3.63) is 23.4 Å². The zero-order valence-electron chi connectivity index (χ0n) is 8.37. The van der Waals surface area contributed by atoms with Crippen LogP contribution in [0.25, 0.3) is 0 Å². The molecule has 74 valence electrons. The average molecular weight is 200 g/mol. The molecule has 1 aliphatic carbocycles. The van der Waals surface area contributed by atoms with Gasteiger partial charge >= 0.3 is 8.80 Å². The largest absolute Gasteiger partial charge is 0.532 e. The second-order valence-corrected chi connectivity index (χ2v) is 5.81. The summed E-state index contributed by atoms with van der Waals surface area (Å²) < 4.78 is 16.1. The van der Waals surface area contributed by atoms with Gasteiger partial charge in [-0.25, -0.2) is 0 Å². The summed E-state index contributed by atoms with van der Waals surface area (Å²) in [6.45, 7) is 0. The molecule has 0 aromatic heterocycles. The predicted molar refractivity (Wildman–Crippen MR) is 53.2 cm³/mol. The summed E-state index contributed by atoms with van der Waals surface area (Å²) in [4.78, 5) is 0. The Bertz CT molecular complexity index is 211. The van der Waals surface area contributed by atoms with E-state index < -0.39 is 8.80 Å². The van der Waals surface area contributed by atoms with Gasteiger partial charge in [-0.05, 0) is 12.8 Å². The zero-order valence-corrected chi connectivity index (χ0v) is 9.37. The highest BCUT2D eigenvalue weighted by molar-refractivity contribution is 6.68. The lowest BCUT2D eigenvalue weighted by atomic mass is 10.2. The molecule has 0 heterocycles. The van der Waals surface area contributed by atoms with Crippen molar-refractivity contribution in [2.45, 2.75) is 12.8 Å². The maximum atomic E-state index is 5.37. The van der Waals surface area contributed by atoms with Crippen LogP contribution >= 0.6 is 0 Å². The van der Waals surface area contributed by atoms with Crippen LogP contribution in [0.15, 0.2) is 23.4 Å². The quantitative estimate of drug-likeness (QED) is 0.646. The van der Waals surface area contributed by atoms with E-state index in [2.05, 4.69) is 6.08 Å². The molecule has 0 spiro atoms. The van der Waals surface area contributed by atoms with Gasteiger partial charge < -0.3 is 13.3 Å². The lowest BCUT2D eigenvalue weighted by molar-refractivity contribution is 0.133. The summed E-state index contributed by atoms with van der Waals surface area (Å²) in [7, 11) is 2.41. The van der Waals surface area contributed by atoms with Gasteiger partial charge in [0.25, 0.3) is 0 Å². The molecule has 0 aromatic carbocycles. The molecule has 0 saturated carbocycles. The van der Waals surface area contributed by atoms with Crippen molar-refractivity contribution in [1.82, 2.24) is 0 Å². The van der Waals surface area contributed by atoms with Crippen molar-refractivity contribution in [2.75, 3.05) is 21.3 Å². The highest BCUT2D eigenvalue weighted by Crippen LogP contribution is 2.24. The fraction of sp³-hybridized carbons (Fsp3) is 0.556. The molecular formula is C9H16O3Si. The second kappa shape index (κ2) is 4.71. The fourth-order valence-electron chi connectivity index (χ4n) is 1.50. The average Bonchev–Trinajstić information content (AvgIpc) is 2.23. The van der Waals surface area contributed by atoms with E-state index in [9.17, 15) is 0 Å². The molecule has 0 unspecified atom stereocenters. The first kappa shape index (κ1) is 10.7. The van der Waals surface area contributed by atoms with Crippen molar-refractivity contribution >= 4 is 8.80 Å². The number of hydrogen-bond acceptors (Lipinski definition) is 3. The molecule has 0 aromatic rings. The summed E-state index contributed by atoms with van der Waals surface area (Å²) >= 11 is 0. The second-order valence-electron chi connectivity index (χ2n) is 2.83. The smallest absolute Gasteiger partial charge is 0.374 e. The van der Waals surface area contributed by atoms with Gasteiger partial charge in [0.05, 0.1) is 0 Å². The molecular weight excluding hydrogens is 184 g/mol. The van der Waals surface area contributed by atoms with E-state index in [-0.39, 0.29) is 0 Å². The summed E-state index contributed by atoms with van der Waals surface area (Å²) in [5, 5.41) is 1.16. The number of hydrogen-bond donors (Lipinski definition) is 0. The molecule has 0 aliphatic heterocycles. The fourth-order valence-corrected chi connectivity index (χ4v) is 3.54. The topological polar surface area (TPSA) is 27.7 Å². The van der Waals surface area contributed by atoms with E-state index >= 15 is 0 Å². The molecule has 1 aliphatic rings. The van der Waals surface area contributed by atoms with Gasteiger partial charge in [0, 0.05) is 26.5 Å². The first-order valence-electron chi connectivity index (χ1n) is 4.30. The SMILES string of the molecule is CO[Si](OC)(OC)C1=CC=CCC1. The van der Waals surface area contributed by atoms with Crippen LogP contribution in [-0.4, -0.2) is 30.1 Å². The highest BCUT2D eigenvalue weighted by atomic mass is 28.4. The Morgan fingerprint density at radius 3 is 2.15 bits per heavy atom. The molecule has 0 radical (unpaired) electrons. The first-order valence-corrected chi connectivity index (χ1v) is 6.03. The van der Waals surface area contributed by atoms with E-state index in [1.807, 2.05) is 12.2 Å². The normalized spacial score (nSPS) is 17.3. The molecule has 0 saturated heterocycles. The number of rotatable bonds is 4. The lowest BCUT2D eigenvalue weighted by Gasteiger charge is -2.27. The monoisotopic (exact) mass is 200 g/mol. The van der Waals surface area contributed by atoms with Crippen LogP contribution in [0.5, 0.6) is 0 Å². The van der Waals surface area contributed by atoms with Crippen LogP contribution in [0.1, 0.15) is 12.8 Å². The Morgan fingerprint density at radius 2 is 1.77 bits per heavy atom. The van der Waals surface area contributed by atoms with E-state index in [0.29, 0.717) is 0 Å². The Hall–Kier alpha value is -0.423. The Balaban J connectivity index is 2.85. The van der Waals surface area contributed by atoms with Gasteiger partial charge in [-0.2, -0.15) is 0 Å². The molecule has 0 bridgehead atoms. The Morgan fingerprint density at radius 1 is 1.15 bits per heavy atom. The van der Waals surface area contributed by atoms with Crippen molar-refractivity contribution in [2.24, 2.45) is 0 Å². The molecule has 0 fully saturated rings. The maximum Gasteiger partial charge on any atom is 0.532 e. The summed E-state index contributed by atoms with van der Waals surface area (Å²) in [5.41, 5.74) is 0. The molecule has 13 heavy (non-hydrogen) atoms. The predicted octanol–water partition coefficient (Wildman–Crippen LogP) is 1.68. The summed E-state index contributed by atoms with van der Waals surface area (Å²) in [6, 6.07) is 0. The van der Waals surface area contributed by atoms with Gasteiger partial charge in [-0.3, -0.25) is 0 Å². The van der Waals surface area contributed by atoms with Crippen LogP contribution < -0.4 is 0 Å². The van der Waals surface area contributed by atoms with Gasteiger partial charge in [0.1, 0.15) is 0 Å². The van der Waals surface area contributed by atoms with E-state index in [4.69, 9.17) is 13.3 Å². The minimum absolute atomic E-state index is 0.970. The third kappa shape index (κ3) is 2.08. The van der Waals surface area contributed by atoms with E-state index in [1.165, 1.54) is 0 Å². The Labute approximate surface area is 80.4 Å². The molecule has 0 amide bonds. The van der Waals surface area contributed by atoms with Crippen LogP contribution in [0.3, 0.4) is 0 Å². The van der Waals surface area contributed by atoms with Crippen LogP contribution in [0, 0.1) is 0 Å². The van der Waals surface area contributed by atoms with Crippen molar-refractivity contribution in [3.8, 4) is 0 Å². The van der Waals surface area contributed by atoms with Gasteiger partial charge in [-0.1, -0.05) is 18.2 Å². The minimum atomic E-state index is -2.51. The van der Waals surface area contributed by atoms with Crippen molar-refractivity contribution in [3.63, 3.8) is 0 Å². The molecule has 4 heteroatoms. The van der Waals surface area contributed by atoms with Crippen LogP contribution in [-0.2, 0) is 13.3 Å². The van der Waals surface area contributed by atoms with Crippen LogP contribution in [0.4, 0.5) is 0 Å². The molecule has 0 N–H and O–H groups in total. The third-order valence-electron chi connectivity index (χ3n) is 2.21. The molecule has 0 atom stereocenters. The lowest BCUT2D eigenvalue weighted by Crippen LogP contribution is -2.45. The maximum absolute atomic E-state index is 5.37. The molecule has 1 rings (SSSR count). The standard InChI is InChI=1S/C9H16O3Si/c1-10-13(11-2,12-3)9-7-5-4-6-8-9/h4-5,7H,6,8H2,1-3H3. The van der Waals surface area contributed by atoms with Crippen molar-refractivity contribution in [1.29, 1.82) is 0 Å². The summed E-state index contributed by atoms with van der Waals surface area (Å²) in [5.74, 6) is 0. The van der Waals surface area contributed by atoms with E-state index in [0.717, 1.165) is 18.0 Å². The zero-order chi connectivity index (χ0) is 9.73. The van der Waals surface area contributed by atoms with Gasteiger partial charge in [0.15, 0.2) is 0 Å². The Kier molecular flexibility index (Phi) is 3.86. The minimum Gasteiger partial charge on any atom is -0.374 e.